The number of rotatable bonds is 11. The molecule has 0 aliphatic rings. The van der Waals surface area contributed by atoms with Gasteiger partial charge in [-0.05, 0) is 50.4 Å². The van der Waals surface area contributed by atoms with Gasteiger partial charge in [0.1, 0.15) is 12.4 Å². The molecule has 20 heavy (non-hydrogen) atoms. The van der Waals surface area contributed by atoms with Crippen LogP contribution in [0.2, 0.25) is 0 Å². The van der Waals surface area contributed by atoms with Crippen LogP contribution >= 0.6 is 0 Å². The van der Waals surface area contributed by atoms with Gasteiger partial charge in [0.15, 0.2) is 0 Å². The molecule has 0 heterocycles. The lowest BCUT2D eigenvalue weighted by molar-refractivity contribution is 0.101. The fourth-order valence-electron chi connectivity index (χ4n) is 2.05. The van der Waals surface area contributed by atoms with Gasteiger partial charge in [-0.1, -0.05) is 26.0 Å². The van der Waals surface area contributed by atoms with E-state index in [0.717, 1.165) is 31.7 Å². The molecule has 0 aliphatic heterocycles. The zero-order chi connectivity index (χ0) is 14.6. The number of hydrogen-bond donors (Lipinski definition) is 1. The lowest BCUT2D eigenvalue weighted by atomic mass is 10.1. The highest BCUT2D eigenvalue weighted by Crippen LogP contribution is 2.14. The Balaban J connectivity index is 2.22. The van der Waals surface area contributed by atoms with Gasteiger partial charge in [-0.2, -0.15) is 0 Å². The second kappa shape index (κ2) is 10.7. The van der Waals surface area contributed by atoms with Crippen molar-refractivity contribution in [3.05, 3.63) is 29.8 Å². The first-order chi connectivity index (χ1) is 9.76. The van der Waals surface area contributed by atoms with Gasteiger partial charge in [-0.15, -0.1) is 0 Å². The Kier molecular flexibility index (Phi) is 9.09. The molecule has 0 spiro atoms. The first-order valence-electron chi connectivity index (χ1n) is 7.79. The number of benzene rings is 1. The summed E-state index contributed by atoms with van der Waals surface area (Å²) in [5, 5.41) is 3.43. The quantitative estimate of drug-likeness (QED) is 0.630. The van der Waals surface area contributed by atoms with E-state index in [4.69, 9.17) is 9.47 Å². The molecule has 1 N–H and O–H groups in total. The fraction of sp³-hybridized carbons (Fsp3) is 0.647. The second-order valence-corrected chi connectivity index (χ2v) is 5.10. The highest BCUT2D eigenvalue weighted by atomic mass is 16.5. The lowest BCUT2D eigenvalue weighted by Gasteiger charge is -2.12. The molecule has 0 radical (unpaired) electrons. The standard InChI is InChI=1S/C17H29NO2/c1-4-12-19-13-14-20-17-10-8-16(9-11-17)7-6-15(3)18-5-2/h8-11,15,18H,4-7,12-14H2,1-3H3. The van der Waals surface area contributed by atoms with E-state index in [1.54, 1.807) is 0 Å². The Morgan fingerprint density at radius 3 is 2.45 bits per heavy atom. The van der Waals surface area contributed by atoms with Crippen LogP contribution in [0.1, 0.15) is 39.2 Å². The van der Waals surface area contributed by atoms with Crippen LogP contribution < -0.4 is 10.1 Å². The summed E-state index contributed by atoms with van der Waals surface area (Å²) in [6.45, 7) is 9.62. The van der Waals surface area contributed by atoms with E-state index in [-0.39, 0.29) is 0 Å². The zero-order valence-corrected chi connectivity index (χ0v) is 13.2. The van der Waals surface area contributed by atoms with Crippen LogP contribution in [0.4, 0.5) is 0 Å². The Morgan fingerprint density at radius 1 is 1.05 bits per heavy atom. The number of nitrogens with one attached hydrogen (secondary N) is 1. The summed E-state index contributed by atoms with van der Waals surface area (Å²) >= 11 is 0. The summed E-state index contributed by atoms with van der Waals surface area (Å²) in [6.07, 6.45) is 3.33. The molecule has 1 atom stereocenters. The van der Waals surface area contributed by atoms with Gasteiger partial charge >= 0.3 is 0 Å². The maximum atomic E-state index is 5.63. The van der Waals surface area contributed by atoms with Crippen LogP contribution in [0.25, 0.3) is 0 Å². The van der Waals surface area contributed by atoms with Crippen molar-refractivity contribution in [3.63, 3.8) is 0 Å². The summed E-state index contributed by atoms with van der Waals surface area (Å²) in [5.74, 6) is 0.925. The fourth-order valence-corrected chi connectivity index (χ4v) is 2.05. The average Bonchev–Trinajstić information content (AvgIpc) is 2.46. The van der Waals surface area contributed by atoms with Crippen LogP contribution in [0.5, 0.6) is 5.75 Å². The third-order valence-electron chi connectivity index (χ3n) is 3.19. The lowest BCUT2D eigenvalue weighted by Crippen LogP contribution is -2.25. The number of hydrogen-bond acceptors (Lipinski definition) is 3. The second-order valence-electron chi connectivity index (χ2n) is 5.10. The van der Waals surface area contributed by atoms with Crippen LogP contribution in [-0.4, -0.2) is 32.4 Å². The molecule has 1 unspecified atom stereocenters. The van der Waals surface area contributed by atoms with Crippen molar-refractivity contribution in [1.82, 2.24) is 5.32 Å². The maximum Gasteiger partial charge on any atom is 0.119 e. The maximum absolute atomic E-state index is 5.63. The molecule has 0 bridgehead atoms. The smallest absolute Gasteiger partial charge is 0.119 e. The number of ether oxygens (including phenoxy) is 2. The molecule has 0 aromatic heterocycles. The monoisotopic (exact) mass is 279 g/mol. The van der Waals surface area contributed by atoms with Gasteiger partial charge in [-0.25, -0.2) is 0 Å². The van der Waals surface area contributed by atoms with Gasteiger partial charge in [0.2, 0.25) is 0 Å². The molecule has 0 fully saturated rings. The molecular formula is C17H29NO2. The van der Waals surface area contributed by atoms with Gasteiger partial charge in [0.25, 0.3) is 0 Å². The predicted molar refractivity (Wildman–Crippen MR) is 84.5 cm³/mol. The van der Waals surface area contributed by atoms with Crippen molar-refractivity contribution in [3.8, 4) is 5.75 Å². The van der Waals surface area contributed by atoms with Crippen molar-refractivity contribution in [1.29, 1.82) is 0 Å². The molecule has 0 amide bonds. The third kappa shape index (κ3) is 7.51. The van der Waals surface area contributed by atoms with Gasteiger partial charge in [-0.3, -0.25) is 0 Å². The van der Waals surface area contributed by atoms with Crippen molar-refractivity contribution < 1.29 is 9.47 Å². The van der Waals surface area contributed by atoms with Crippen molar-refractivity contribution in [2.75, 3.05) is 26.4 Å². The molecule has 0 aliphatic carbocycles. The number of aryl methyl sites for hydroxylation is 1. The van der Waals surface area contributed by atoms with E-state index in [1.807, 2.05) is 12.1 Å². The van der Waals surface area contributed by atoms with E-state index < -0.39 is 0 Å². The molecule has 0 saturated heterocycles. The van der Waals surface area contributed by atoms with Crippen LogP contribution in [0, 0.1) is 0 Å². The molecule has 3 nitrogen and oxygen atoms in total. The van der Waals surface area contributed by atoms with E-state index in [2.05, 4.69) is 38.2 Å². The van der Waals surface area contributed by atoms with Crippen LogP contribution in [0.3, 0.4) is 0 Å². The van der Waals surface area contributed by atoms with Crippen molar-refractivity contribution in [2.45, 2.75) is 46.1 Å². The topological polar surface area (TPSA) is 30.5 Å². The Hall–Kier alpha value is -1.06. The molecular weight excluding hydrogens is 250 g/mol. The first-order valence-corrected chi connectivity index (χ1v) is 7.79. The summed E-state index contributed by atoms with van der Waals surface area (Å²) < 4.78 is 11.0. The van der Waals surface area contributed by atoms with Crippen molar-refractivity contribution >= 4 is 0 Å². The van der Waals surface area contributed by atoms with E-state index >= 15 is 0 Å². The Labute approximate surface area is 123 Å². The minimum Gasteiger partial charge on any atom is -0.491 e. The Morgan fingerprint density at radius 2 is 1.80 bits per heavy atom. The van der Waals surface area contributed by atoms with Crippen molar-refractivity contribution in [2.24, 2.45) is 0 Å². The molecule has 1 aromatic carbocycles. The minimum absolute atomic E-state index is 0.576. The summed E-state index contributed by atoms with van der Waals surface area (Å²) in [7, 11) is 0. The molecule has 1 rings (SSSR count). The van der Waals surface area contributed by atoms with E-state index in [9.17, 15) is 0 Å². The highest BCUT2D eigenvalue weighted by Gasteiger charge is 2.01. The zero-order valence-electron chi connectivity index (χ0n) is 13.2. The van der Waals surface area contributed by atoms with Crippen LogP contribution in [-0.2, 0) is 11.2 Å². The van der Waals surface area contributed by atoms with E-state index in [0.29, 0.717) is 19.3 Å². The minimum atomic E-state index is 0.576. The Bertz CT molecular complexity index is 337. The predicted octanol–water partition coefficient (Wildman–Crippen LogP) is 3.42. The van der Waals surface area contributed by atoms with Gasteiger partial charge in [0.05, 0.1) is 6.61 Å². The summed E-state index contributed by atoms with van der Waals surface area (Å²) in [4.78, 5) is 0. The largest absolute Gasteiger partial charge is 0.491 e. The van der Waals surface area contributed by atoms with Crippen LogP contribution in [0.15, 0.2) is 24.3 Å². The summed E-state index contributed by atoms with van der Waals surface area (Å²) in [5.41, 5.74) is 1.37. The first kappa shape index (κ1) is 17.0. The SMILES string of the molecule is CCCOCCOc1ccc(CCC(C)NCC)cc1. The van der Waals surface area contributed by atoms with Gasteiger partial charge < -0.3 is 14.8 Å². The third-order valence-corrected chi connectivity index (χ3v) is 3.19. The highest BCUT2D eigenvalue weighted by molar-refractivity contribution is 5.27. The van der Waals surface area contributed by atoms with E-state index in [1.165, 1.54) is 12.0 Å². The average molecular weight is 279 g/mol. The normalized spacial score (nSPS) is 12.3. The molecule has 114 valence electrons. The molecule has 1 aromatic rings. The molecule has 0 saturated carbocycles. The van der Waals surface area contributed by atoms with Gasteiger partial charge in [0, 0.05) is 12.6 Å². The molecule has 3 heteroatoms. The summed E-state index contributed by atoms with van der Waals surface area (Å²) in [6, 6.07) is 8.98.